The standard InChI is InChI=1S/C13H12BrNO2S/c1-6-5-8(14)3-4-9(6)11-7(2)10(15)12(18-11)13(16)17/h3-5H,15H2,1-2H3,(H,16,17). The number of aryl methyl sites for hydroxylation is 1. The lowest BCUT2D eigenvalue weighted by Gasteiger charge is -2.05. The number of carboxylic acids is 1. The van der Waals surface area contributed by atoms with Crippen LogP contribution in [0.3, 0.4) is 0 Å². The molecule has 0 amide bonds. The van der Waals surface area contributed by atoms with Crippen molar-refractivity contribution in [3.05, 3.63) is 38.7 Å². The summed E-state index contributed by atoms with van der Waals surface area (Å²) in [6, 6.07) is 5.92. The van der Waals surface area contributed by atoms with E-state index in [1.54, 1.807) is 0 Å². The predicted molar refractivity (Wildman–Crippen MR) is 78.3 cm³/mol. The fourth-order valence-corrected chi connectivity index (χ4v) is 3.46. The van der Waals surface area contributed by atoms with Gasteiger partial charge in [-0.25, -0.2) is 4.79 Å². The number of rotatable bonds is 2. The molecule has 1 heterocycles. The molecule has 0 aliphatic heterocycles. The highest BCUT2D eigenvalue weighted by atomic mass is 79.9. The molecule has 0 fully saturated rings. The van der Waals surface area contributed by atoms with Gasteiger partial charge in [0, 0.05) is 9.35 Å². The summed E-state index contributed by atoms with van der Waals surface area (Å²) in [6.45, 7) is 3.85. The topological polar surface area (TPSA) is 63.3 Å². The van der Waals surface area contributed by atoms with Crippen LogP contribution >= 0.6 is 27.3 Å². The van der Waals surface area contributed by atoms with Crippen molar-refractivity contribution < 1.29 is 9.90 Å². The van der Waals surface area contributed by atoms with Crippen LogP contribution in [0.1, 0.15) is 20.8 Å². The molecular weight excluding hydrogens is 314 g/mol. The normalized spacial score (nSPS) is 10.6. The number of hydrogen-bond acceptors (Lipinski definition) is 3. The molecule has 0 aliphatic rings. The van der Waals surface area contributed by atoms with Crippen molar-refractivity contribution >= 4 is 38.9 Å². The first kappa shape index (κ1) is 13.1. The molecule has 2 rings (SSSR count). The zero-order valence-corrected chi connectivity index (χ0v) is 12.4. The molecule has 0 aliphatic carbocycles. The summed E-state index contributed by atoms with van der Waals surface area (Å²) < 4.78 is 1.00. The summed E-state index contributed by atoms with van der Waals surface area (Å²) >= 11 is 4.64. The zero-order chi connectivity index (χ0) is 13.4. The Morgan fingerprint density at radius 1 is 1.39 bits per heavy atom. The number of hydrogen-bond donors (Lipinski definition) is 2. The van der Waals surface area contributed by atoms with E-state index in [4.69, 9.17) is 10.8 Å². The minimum atomic E-state index is -0.971. The third-order valence-electron chi connectivity index (χ3n) is 2.82. The molecule has 3 nitrogen and oxygen atoms in total. The van der Waals surface area contributed by atoms with E-state index in [1.165, 1.54) is 11.3 Å². The quantitative estimate of drug-likeness (QED) is 0.874. The molecule has 0 unspecified atom stereocenters. The maximum Gasteiger partial charge on any atom is 0.348 e. The predicted octanol–water partition coefficient (Wildman–Crippen LogP) is 4.07. The van der Waals surface area contributed by atoms with E-state index in [0.29, 0.717) is 5.69 Å². The first-order chi connectivity index (χ1) is 8.41. The van der Waals surface area contributed by atoms with E-state index in [2.05, 4.69) is 15.9 Å². The maximum absolute atomic E-state index is 11.1. The van der Waals surface area contributed by atoms with Crippen molar-refractivity contribution in [2.45, 2.75) is 13.8 Å². The molecule has 0 atom stereocenters. The summed E-state index contributed by atoms with van der Waals surface area (Å²) in [4.78, 5) is 12.2. The molecule has 18 heavy (non-hydrogen) atoms. The Balaban J connectivity index is 2.64. The van der Waals surface area contributed by atoms with Gasteiger partial charge in [0.25, 0.3) is 0 Å². The van der Waals surface area contributed by atoms with Crippen LogP contribution in [-0.2, 0) is 0 Å². The van der Waals surface area contributed by atoms with E-state index in [-0.39, 0.29) is 4.88 Å². The van der Waals surface area contributed by atoms with Gasteiger partial charge in [0.1, 0.15) is 4.88 Å². The minimum Gasteiger partial charge on any atom is -0.477 e. The van der Waals surface area contributed by atoms with Gasteiger partial charge in [-0.05, 0) is 42.7 Å². The van der Waals surface area contributed by atoms with Gasteiger partial charge in [0.15, 0.2) is 0 Å². The average Bonchev–Trinajstić information content (AvgIpc) is 2.57. The van der Waals surface area contributed by atoms with Crippen LogP contribution in [0, 0.1) is 13.8 Å². The van der Waals surface area contributed by atoms with Gasteiger partial charge in [-0.15, -0.1) is 11.3 Å². The Hall–Kier alpha value is -1.33. The van der Waals surface area contributed by atoms with Crippen LogP contribution in [-0.4, -0.2) is 11.1 Å². The smallest absolute Gasteiger partial charge is 0.348 e. The van der Waals surface area contributed by atoms with Crippen molar-refractivity contribution in [1.29, 1.82) is 0 Å². The van der Waals surface area contributed by atoms with Gasteiger partial charge in [-0.3, -0.25) is 0 Å². The van der Waals surface area contributed by atoms with Crippen LogP contribution in [0.15, 0.2) is 22.7 Å². The average molecular weight is 326 g/mol. The van der Waals surface area contributed by atoms with E-state index >= 15 is 0 Å². The van der Waals surface area contributed by atoms with Gasteiger partial charge in [-0.1, -0.05) is 22.0 Å². The third kappa shape index (κ3) is 2.15. The molecule has 2 aromatic rings. The summed E-state index contributed by atoms with van der Waals surface area (Å²) in [6.07, 6.45) is 0. The molecule has 0 bridgehead atoms. The second-order valence-electron chi connectivity index (χ2n) is 4.06. The monoisotopic (exact) mass is 325 g/mol. The molecule has 3 N–H and O–H groups in total. The van der Waals surface area contributed by atoms with E-state index < -0.39 is 5.97 Å². The Labute approximate surface area is 117 Å². The SMILES string of the molecule is Cc1cc(Br)ccc1-c1sc(C(=O)O)c(N)c1C. The van der Waals surface area contributed by atoms with E-state index in [1.807, 2.05) is 32.0 Å². The number of nitrogens with two attached hydrogens (primary N) is 1. The van der Waals surface area contributed by atoms with Crippen LogP contribution in [0.2, 0.25) is 0 Å². The first-order valence-corrected chi connectivity index (χ1v) is 6.91. The van der Waals surface area contributed by atoms with Crippen molar-refractivity contribution in [3.63, 3.8) is 0 Å². The summed E-state index contributed by atoms with van der Waals surface area (Å²) in [7, 11) is 0. The highest BCUT2D eigenvalue weighted by molar-refractivity contribution is 9.10. The summed E-state index contributed by atoms with van der Waals surface area (Å²) in [5, 5.41) is 9.09. The number of anilines is 1. The number of carbonyl (C=O) groups is 1. The van der Waals surface area contributed by atoms with Gasteiger partial charge < -0.3 is 10.8 Å². The molecule has 1 aromatic heterocycles. The third-order valence-corrected chi connectivity index (χ3v) is 4.64. The lowest BCUT2D eigenvalue weighted by Crippen LogP contribution is -1.97. The molecule has 0 spiro atoms. The van der Waals surface area contributed by atoms with Gasteiger partial charge >= 0.3 is 5.97 Å². The lowest BCUT2D eigenvalue weighted by atomic mass is 10.0. The second kappa shape index (κ2) is 4.74. The second-order valence-corrected chi connectivity index (χ2v) is 6.00. The Morgan fingerprint density at radius 2 is 2.06 bits per heavy atom. The number of nitrogen functional groups attached to an aromatic ring is 1. The van der Waals surface area contributed by atoms with Crippen molar-refractivity contribution in [1.82, 2.24) is 0 Å². The van der Waals surface area contributed by atoms with Crippen molar-refractivity contribution in [3.8, 4) is 10.4 Å². The minimum absolute atomic E-state index is 0.213. The number of halogens is 1. The maximum atomic E-state index is 11.1. The summed E-state index contributed by atoms with van der Waals surface area (Å²) in [5.41, 5.74) is 9.16. The van der Waals surface area contributed by atoms with Crippen LogP contribution in [0.25, 0.3) is 10.4 Å². The van der Waals surface area contributed by atoms with E-state index in [0.717, 1.165) is 26.0 Å². The molecule has 1 aromatic carbocycles. The Bertz CT molecular complexity index is 634. The zero-order valence-electron chi connectivity index (χ0n) is 9.95. The van der Waals surface area contributed by atoms with E-state index in [9.17, 15) is 4.79 Å². The number of carboxylic acid groups (broad SMARTS) is 1. The van der Waals surface area contributed by atoms with Gasteiger partial charge in [0.2, 0.25) is 0 Å². The Kier molecular flexibility index (Phi) is 3.45. The van der Waals surface area contributed by atoms with Gasteiger partial charge in [-0.2, -0.15) is 0 Å². The van der Waals surface area contributed by atoms with Crippen molar-refractivity contribution in [2.75, 3.05) is 5.73 Å². The molecule has 5 heteroatoms. The highest BCUT2D eigenvalue weighted by Gasteiger charge is 2.19. The van der Waals surface area contributed by atoms with Gasteiger partial charge in [0.05, 0.1) is 5.69 Å². The number of thiophene rings is 1. The van der Waals surface area contributed by atoms with Crippen LogP contribution < -0.4 is 5.73 Å². The first-order valence-electron chi connectivity index (χ1n) is 5.30. The molecule has 0 saturated carbocycles. The van der Waals surface area contributed by atoms with Crippen molar-refractivity contribution in [2.24, 2.45) is 0 Å². The fraction of sp³-hybridized carbons (Fsp3) is 0.154. The Morgan fingerprint density at radius 3 is 2.56 bits per heavy atom. The number of aromatic carboxylic acids is 1. The lowest BCUT2D eigenvalue weighted by molar-refractivity contribution is 0.0703. The molecule has 0 radical (unpaired) electrons. The van der Waals surface area contributed by atoms with Crippen LogP contribution in [0.4, 0.5) is 5.69 Å². The largest absolute Gasteiger partial charge is 0.477 e. The molecule has 0 saturated heterocycles. The molecular formula is C13H12BrNO2S. The molecule has 94 valence electrons. The number of benzene rings is 1. The van der Waals surface area contributed by atoms with Crippen LogP contribution in [0.5, 0.6) is 0 Å². The highest BCUT2D eigenvalue weighted by Crippen LogP contribution is 2.39. The summed E-state index contributed by atoms with van der Waals surface area (Å²) in [5.74, 6) is -0.971. The fourth-order valence-electron chi connectivity index (χ4n) is 1.82.